The second kappa shape index (κ2) is 9.40. The van der Waals surface area contributed by atoms with Crippen molar-refractivity contribution in [2.45, 2.75) is 42.8 Å². The van der Waals surface area contributed by atoms with Crippen LogP contribution < -0.4 is 10.4 Å². The Bertz CT molecular complexity index is 1590. The van der Waals surface area contributed by atoms with E-state index >= 15 is 0 Å². The fraction of sp³-hybridized carbons (Fsp3) is 0.269. The highest BCUT2D eigenvalue weighted by molar-refractivity contribution is 7.98. The standard InChI is InChI=1S/C26H20F5N3O4S/c1-12(35)17-9-33-22(24(37)23(17)36)25(38)32(13(2)26(29,30)31)11-34(33)21-15-5-3-4-6-20(15)39-10-14-7-18(27)19(28)8-16(14)21/h3-9,13,21,37H,10-11H2,1-2H3/t13-,21-/m1/s1. The first-order valence-corrected chi connectivity index (χ1v) is 12.6. The van der Waals surface area contributed by atoms with Gasteiger partial charge in [0.1, 0.15) is 12.7 Å². The number of carbonyl (C=O) groups is 2. The van der Waals surface area contributed by atoms with Gasteiger partial charge >= 0.3 is 6.18 Å². The number of benzene rings is 2. The van der Waals surface area contributed by atoms with E-state index in [0.717, 1.165) is 36.9 Å². The Morgan fingerprint density at radius 1 is 1.10 bits per heavy atom. The van der Waals surface area contributed by atoms with Gasteiger partial charge in [-0.2, -0.15) is 13.2 Å². The van der Waals surface area contributed by atoms with Crippen molar-refractivity contribution in [2.24, 2.45) is 0 Å². The molecule has 2 aromatic carbocycles. The number of amides is 1. The topological polar surface area (TPSA) is 82.8 Å². The van der Waals surface area contributed by atoms with Gasteiger partial charge in [0.2, 0.25) is 5.43 Å². The maximum Gasteiger partial charge on any atom is 0.408 e. The van der Waals surface area contributed by atoms with Gasteiger partial charge < -0.3 is 10.0 Å². The molecule has 13 heteroatoms. The van der Waals surface area contributed by atoms with E-state index in [2.05, 4.69) is 0 Å². The molecule has 7 nitrogen and oxygen atoms in total. The molecular formula is C26H20F5N3O4S. The molecule has 5 rings (SSSR count). The molecule has 2 aliphatic rings. The number of nitrogens with zero attached hydrogens (tertiary/aromatic N) is 3. The van der Waals surface area contributed by atoms with Crippen molar-refractivity contribution in [1.29, 1.82) is 0 Å². The number of thioether (sulfide) groups is 1. The van der Waals surface area contributed by atoms with Crippen LogP contribution in [0.5, 0.6) is 5.75 Å². The third-order valence-corrected chi connectivity index (χ3v) is 8.03. The van der Waals surface area contributed by atoms with Crippen LogP contribution in [0.4, 0.5) is 22.0 Å². The minimum absolute atomic E-state index is 0.203. The lowest BCUT2D eigenvalue weighted by Crippen LogP contribution is -2.60. The molecular weight excluding hydrogens is 545 g/mol. The molecule has 0 bridgehead atoms. The predicted octanol–water partition coefficient (Wildman–Crippen LogP) is 4.73. The number of rotatable bonds is 3. The maximum absolute atomic E-state index is 14.6. The molecule has 0 saturated heterocycles. The lowest BCUT2D eigenvalue weighted by molar-refractivity contribution is -0.173. The molecule has 3 aromatic rings. The zero-order chi connectivity index (χ0) is 28.4. The monoisotopic (exact) mass is 565 g/mol. The van der Waals surface area contributed by atoms with Gasteiger partial charge in [-0.15, -0.1) is 11.8 Å². The summed E-state index contributed by atoms with van der Waals surface area (Å²) in [5, 5.41) is 12.0. The second-order valence-corrected chi connectivity index (χ2v) is 10.3. The predicted molar refractivity (Wildman–Crippen MR) is 131 cm³/mol. The van der Waals surface area contributed by atoms with Gasteiger partial charge in [0.25, 0.3) is 5.91 Å². The largest absolute Gasteiger partial charge is 0.502 e. The number of aromatic nitrogens is 1. The summed E-state index contributed by atoms with van der Waals surface area (Å²) in [4.78, 5) is 39.4. The van der Waals surface area contributed by atoms with Crippen molar-refractivity contribution < 1.29 is 36.6 Å². The van der Waals surface area contributed by atoms with Gasteiger partial charge in [-0.3, -0.25) is 24.1 Å². The van der Waals surface area contributed by atoms with Crippen LogP contribution >= 0.6 is 11.8 Å². The summed E-state index contributed by atoms with van der Waals surface area (Å²) in [6.45, 7) is 1.08. The number of Topliss-reactive ketones (excluding diaryl/α,β-unsaturated/α-hetero) is 1. The number of hydrogen-bond acceptors (Lipinski definition) is 6. The summed E-state index contributed by atoms with van der Waals surface area (Å²) in [6.07, 6.45) is -3.89. The Labute approximate surface area is 222 Å². The molecule has 2 atom stereocenters. The maximum atomic E-state index is 14.6. The molecule has 3 heterocycles. The lowest BCUT2D eigenvalue weighted by atomic mass is 9.94. The van der Waals surface area contributed by atoms with Crippen molar-refractivity contribution in [3.63, 3.8) is 0 Å². The fourth-order valence-corrected chi connectivity index (χ4v) is 5.89. The first-order valence-electron chi connectivity index (χ1n) is 11.6. The number of fused-ring (bicyclic) bond motifs is 3. The van der Waals surface area contributed by atoms with Crippen molar-refractivity contribution in [3.8, 4) is 5.75 Å². The van der Waals surface area contributed by atoms with Gasteiger partial charge in [0, 0.05) is 16.8 Å². The zero-order valence-electron chi connectivity index (χ0n) is 20.4. The molecule has 1 aromatic heterocycles. The van der Waals surface area contributed by atoms with Gasteiger partial charge in [-0.1, -0.05) is 18.2 Å². The minimum Gasteiger partial charge on any atom is -0.502 e. The highest BCUT2D eigenvalue weighted by Gasteiger charge is 2.48. The molecule has 2 aliphatic heterocycles. The molecule has 0 aliphatic carbocycles. The minimum atomic E-state index is -4.87. The van der Waals surface area contributed by atoms with Crippen LogP contribution in [0, 0.1) is 11.6 Å². The fourth-order valence-electron chi connectivity index (χ4n) is 4.81. The summed E-state index contributed by atoms with van der Waals surface area (Å²) >= 11 is 1.30. The molecule has 0 saturated carbocycles. The van der Waals surface area contributed by atoms with E-state index in [0.29, 0.717) is 20.9 Å². The summed E-state index contributed by atoms with van der Waals surface area (Å²) in [5.41, 5.74) is -1.46. The van der Waals surface area contributed by atoms with E-state index in [1.54, 1.807) is 24.3 Å². The summed E-state index contributed by atoms with van der Waals surface area (Å²) < 4.78 is 71.4. The van der Waals surface area contributed by atoms with Crippen LogP contribution in [0.3, 0.4) is 0 Å². The van der Waals surface area contributed by atoms with Crippen LogP contribution in [0.2, 0.25) is 0 Å². The van der Waals surface area contributed by atoms with Crippen molar-refractivity contribution >= 4 is 23.5 Å². The van der Waals surface area contributed by atoms with E-state index in [1.807, 2.05) is 0 Å². The van der Waals surface area contributed by atoms with E-state index in [1.165, 1.54) is 16.8 Å². The lowest BCUT2D eigenvalue weighted by Gasteiger charge is -2.46. The molecule has 0 spiro atoms. The van der Waals surface area contributed by atoms with Gasteiger partial charge in [-0.25, -0.2) is 8.78 Å². The zero-order valence-corrected chi connectivity index (χ0v) is 21.2. The number of halogens is 5. The van der Waals surface area contributed by atoms with E-state index in [-0.39, 0.29) is 11.3 Å². The number of ketones is 1. The normalized spacial score (nSPS) is 17.7. The SMILES string of the molecule is CC(=O)c1cn2c(c(O)c1=O)C(=O)N([C@H](C)C(F)(F)F)CN2[C@H]1c2cc(F)c(F)cc2CSc2ccccc21. The Balaban J connectivity index is 1.85. The molecule has 39 heavy (non-hydrogen) atoms. The van der Waals surface area contributed by atoms with Crippen LogP contribution in [-0.4, -0.2) is 45.3 Å². The second-order valence-electron chi connectivity index (χ2n) is 9.24. The smallest absolute Gasteiger partial charge is 0.408 e. The van der Waals surface area contributed by atoms with Gasteiger partial charge in [-0.05, 0) is 48.7 Å². The van der Waals surface area contributed by atoms with Crippen LogP contribution in [0.25, 0.3) is 0 Å². The number of pyridine rings is 1. The highest BCUT2D eigenvalue weighted by Crippen LogP contribution is 2.44. The van der Waals surface area contributed by atoms with Crippen molar-refractivity contribution in [3.05, 3.63) is 92.4 Å². The van der Waals surface area contributed by atoms with Crippen LogP contribution in [0.1, 0.15) is 57.4 Å². The average Bonchev–Trinajstić information content (AvgIpc) is 3.02. The Morgan fingerprint density at radius 3 is 2.44 bits per heavy atom. The highest BCUT2D eigenvalue weighted by atomic mass is 32.2. The Hall–Kier alpha value is -3.87. The quantitative estimate of drug-likeness (QED) is 0.365. The molecule has 1 N–H and O–H groups in total. The van der Waals surface area contributed by atoms with Gasteiger partial charge in [0.05, 0.1) is 11.6 Å². The summed E-state index contributed by atoms with van der Waals surface area (Å²) in [7, 11) is 0. The number of carbonyl (C=O) groups excluding carboxylic acids is 2. The van der Waals surface area contributed by atoms with E-state index in [9.17, 15) is 41.4 Å². The summed E-state index contributed by atoms with van der Waals surface area (Å²) in [5.74, 6) is -5.34. The third kappa shape index (κ3) is 4.34. The molecule has 0 fully saturated rings. The molecule has 1 amide bonds. The Morgan fingerprint density at radius 2 is 1.77 bits per heavy atom. The average molecular weight is 566 g/mol. The number of alkyl halides is 3. The molecule has 0 unspecified atom stereocenters. The van der Waals surface area contributed by atoms with E-state index < -0.39 is 70.7 Å². The number of aromatic hydroxyl groups is 1. The first-order chi connectivity index (χ1) is 18.3. The van der Waals surface area contributed by atoms with Crippen molar-refractivity contribution in [1.82, 2.24) is 9.58 Å². The Kier molecular flexibility index (Phi) is 6.44. The van der Waals surface area contributed by atoms with Gasteiger partial charge in [0.15, 0.2) is 28.9 Å². The van der Waals surface area contributed by atoms with Crippen LogP contribution in [-0.2, 0) is 5.75 Å². The van der Waals surface area contributed by atoms with Crippen molar-refractivity contribution in [2.75, 3.05) is 11.7 Å². The summed E-state index contributed by atoms with van der Waals surface area (Å²) in [6, 6.07) is 5.27. The van der Waals surface area contributed by atoms with Crippen LogP contribution in [0.15, 0.2) is 52.3 Å². The third-order valence-electron chi connectivity index (χ3n) is 6.89. The number of hydrogen-bond donors (Lipinski definition) is 1. The van der Waals surface area contributed by atoms with E-state index in [4.69, 9.17) is 0 Å². The molecule has 0 radical (unpaired) electrons. The first kappa shape index (κ1) is 26.7. The molecule has 204 valence electrons.